The quantitative estimate of drug-likeness (QED) is 0.271. The minimum Gasteiger partial charge on any atom is -0.504 e. The molecule has 4 aromatic rings. The van der Waals surface area contributed by atoms with Crippen LogP contribution in [0.1, 0.15) is 41.6 Å². The number of carbonyl (C=O) groups is 1. The average Bonchev–Trinajstić information content (AvgIpc) is 3.66. The van der Waals surface area contributed by atoms with Crippen molar-refractivity contribution in [1.29, 1.82) is 0 Å². The fourth-order valence-corrected chi connectivity index (χ4v) is 5.15. The van der Waals surface area contributed by atoms with Crippen LogP contribution in [-0.2, 0) is 6.54 Å². The van der Waals surface area contributed by atoms with Gasteiger partial charge in [0.25, 0.3) is 0 Å². The maximum Gasteiger partial charge on any atom is 0.169 e. The highest BCUT2D eigenvalue weighted by molar-refractivity contribution is 6.11. The van der Waals surface area contributed by atoms with Crippen molar-refractivity contribution < 1.29 is 14.6 Å². The van der Waals surface area contributed by atoms with Gasteiger partial charge in [-0.05, 0) is 91.9 Å². The molecule has 1 saturated heterocycles. The minimum absolute atomic E-state index is 0.0900. The van der Waals surface area contributed by atoms with E-state index in [2.05, 4.69) is 45.5 Å². The number of carbonyl (C=O) groups excluding carboxylic acids is 1. The zero-order chi connectivity index (χ0) is 25.4. The van der Waals surface area contributed by atoms with Crippen molar-refractivity contribution in [2.75, 3.05) is 25.5 Å². The van der Waals surface area contributed by atoms with Crippen molar-refractivity contribution in [3.63, 3.8) is 0 Å². The van der Waals surface area contributed by atoms with Crippen molar-refractivity contribution in [3.8, 4) is 22.6 Å². The van der Waals surface area contributed by atoms with Gasteiger partial charge in [0, 0.05) is 29.7 Å². The number of fused-ring (bicyclic) bond motifs is 1. The first-order valence-corrected chi connectivity index (χ1v) is 13.0. The number of aromatic hydroxyl groups is 1. The molecule has 37 heavy (non-hydrogen) atoms. The van der Waals surface area contributed by atoms with E-state index < -0.39 is 0 Å². The Morgan fingerprint density at radius 3 is 2.49 bits per heavy atom. The van der Waals surface area contributed by atoms with Crippen molar-refractivity contribution >= 4 is 28.1 Å². The van der Waals surface area contributed by atoms with Gasteiger partial charge in [0.1, 0.15) is 0 Å². The Bertz CT molecular complexity index is 1460. The van der Waals surface area contributed by atoms with E-state index in [1.54, 1.807) is 12.3 Å². The van der Waals surface area contributed by atoms with Gasteiger partial charge in [-0.3, -0.25) is 14.7 Å². The minimum atomic E-state index is 0.0900. The molecule has 6 rings (SSSR count). The Hall–Kier alpha value is -3.90. The highest BCUT2D eigenvalue weighted by atomic mass is 16.5. The Labute approximate surface area is 216 Å². The van der Waals surface area contributed by atoms with Crippen LogP contribution in [0.3, 0.4) is 0 Å². The number of ether oxygens (including phenoxy) is 1. The summed E-state index contributed by atoms with van der Waals surface area (Å²) in [4.78, 5) is 20.4. The number of anilines is 2. The predicted octanol–water partition coefficient (Wildman–Crippen LogP) is 6.55. The molecule has 1 aromatic heterocycles. The van der Waals surface area contributed by atoms with Crippen LogP contribution in [-0.4, -0.2) is 41.0 Å². The molecule has 188 valence electrons. The predicted molar refractivity (Wildman–Crippen MR) is 147 cm³/mol. The third kappa shape index (κ3) is 4.89. The fraction of sp³-hybridized carbons (Fsp3) is 0.290. The standard InChI is InChI=1S/C31H31N3O3/c1-37-29-17-23(9-13-28(29)35)22-8-12-27-25(16-22)30(26(18-32-27)31(36)21-6-7-21)33-24-10-4-20(5-11-24)19-34-14-2-3-15-34/h4-5,8-13,16-18,21,35H,2-3,6-7,14-15,19H2,1H3,(H,32,33). The van der Waals surface area contributed by atoms with Gasteiger partial charge in [0.15, 0.2) is 17.3 Å². The van der Waals surface area contributed by atoms with Gasteiger partial charge in [-0.25, -0.2) is 0 Å². The van der Waals surface area contributed by atoms with E-state index in [-0.39, 0.29) is 17.5 Å². The normalized spacial score (nSPS) is 15.7. The van der Waals surface area contributed by atoms with Crippen LogP contribution in [0.4, 0.5) is 11.4 Å². The second-order valence-electron chi connectivity index (χ2n) is 10.1. The molecule has 0 radical (unpaired) electrons. The molecule has 1 aliphatic carbocycles. The number of ketones is 1. The lowest BCUT2D eigenvalue weighted by atomic mass is 9.98. The highest BCUT2D eigenvalue weighted by Crippen LogP contribution is 2.39. The van der Waals surface area contributed by atoms with E-state index in [0.717, 1.165) is 52.8 Å². The summed E-state index contributed by atoms with van der Waals surface area (Å²) >= 11 is 0. The van der Waals surface area contributed by atoms with E-state index >= 15 is 0 Å². The summed E-state index contributed by atoms with van der Waals surface area (Å²) in [5.74, 6) is 0.758. The molecule has 2 fully saturated rings. The van der Waals surface area contributed by atoms with Crippen molar-refractivity contribution in [2.45, 2.75) is 32.2 Å². The molecule has 6 heteroatoms. The summed E-state index contributed by atoms with van der Waals surface area (Å²) in [6, 6.07) is 19.9. The number of pyridine rings is 1. The Kier molecular flexibility index (Phi) is 6.26. The second-order valence-corrected chi connectivity index (χ2v) is 10.1. The number of nitrogens with one attached hydrogen (secondary N) is 1. The van der Waals surface area contributed by atoms with E-state index in [4.69, 9.17) is 4.74 Å². The molecule has 3 aromatic carbocycles. The summed E-state index contributed by atoms with van der Waals surface area (Å²) in [5.41, 5.74) is 6.35. The Balaban J connectivity index is 1.39. The maximum absolute atomic E-state index is 13.3. The number of likely N-dealkylation sites (tertiary alicyclic amines) is 1. The maximum atomic E-state index is 13.3. The number of hydrogen-bond donors (Lipinski definition) is 2. The number of phenols is 1. The Morgan fingerprint density at radius 2 is 1.76 bits per heavy atom. The lowest BCUT2D eigenvalue weighted by Crippen LogP contribution is -2.18. The van der Waals surface area contributed by atoms with Crippen molar-refractivity contribution in [3.05, 3.63) is 78.0 Å². The van der Waals surface area contributed by atoms with Crippen LogP contribution < -0.4 is 10.1 Å². The van der Waals surface area contributed by atoms with Crippen LogP contribution in [0, 0.1) is 5.92 Å². The molecule has 0 atom stereocenters. The van der Waals surface area contributed by atoms with Gasteiger partial charge in [0.2, 0.25) is 0 Å². The van der Waals surface area contributed by atoms with Gasteiger partial charge in [0.05, 0.1) is 23.9 Å². The van der Waals surface area contributed by atoms with E-state index in [0.29, 0.717) is 11.3 Å². The molecule has 0 spiro atoms. The SMILES string of the molecule is COc1cc(-c2ccc3ncc(C(=O)C4CC4)c(Nc4ccc(CN5CCCC5)cc4)c3c2)ccc1O. The smallest absolute Gasteiger partial charge is 0.169 e. The number of methoxy groups -OCH3 is 1. The molecule has 2 aliphatic rings. The number of nitrogens with zero attached hydrogens (tertiary/aromatic N) is 2. The van der Waals surface area contributed by atoms with E-state index in [9.17, 15) is 9.90 Å². The van der Waals surface area contributed by atoms with Crippen LogP contribution in [0.5, 0.6) is 11.5 Å². The molecule has 2 N–H and O–H groups in total. The zero-order valence-electron chi connectivity index (χ0n) is 21.0. The molecule has 0 bridgehead atoms. The number of hydrogen-bond acceptors (Lipinski definition) is 6. The number of aromatic nitrogens is 1. The third-order valence-electron chi connectivity index (χ3n) is 7.42. The second kappa shape index (κ2) is 9.87. The lowest BCUT2D eigenvalue weighted by molar-refractivity contribution is 0.0968. The van der Waals surface area contributed by atoms with E-state index in [1.165, 1.54) is 38.6 Å². The van der Waals surface area contributed by atoms with Gasteiger partial charge in [-0.1, -0.05) is 24.3 Å². The van der Waals surface area contributed by atoms with Gasteiger partial charge in [-0.2, -0.15) is 0 Å². The molecule has 0 amide bonds. The molecule has 1 aliphatic heterocycles. The molecule has 0 unspecified atom stereocenters. The summed E-state index contributed by atoms with van der Waals surface area (Å²) in [5, 5.41) is 14.5. The lowest BCUT2D eigenvalue weighted by Gasteiger charge is -2.17. The number of Topliss-reactive ketones (excluding diaryl/α,β-unsaturated/α-hetero) is 1. The van der Waals surface area contributed by atoms with Crippen molar-refractivity contribution in [1.82, 2.24) is 9.88 Å². The first-order chi connectivity index (χ1) is 18.1. The molecular weight excluding hydrogens is 462 g/mol. The molecule has 6 nitrogen and oxygen atoms in total. The first kappa shape index (κ1) is 23.5. The van der Waals surface area contributed by atoms with Crippen LogP contribution in [0.25, 0.3) is 22.0 Å². The van der Waals surface area contributed by atoms with Crippen LogP contribution in [0.15, 0.2) is 66.9 Å². The Morgan fingerprint density at radius 1 is 1.03 bits per heavy atom. The van der Waals surface area contributed by atoms with E-state index in [1.807, 2.05) is 24.3 Å². The molecule has 2 heterocycles. The monoisotopic (exact) mass is 493 g/mol. The largest absolute Gasteiger partial charge is 0.504 e. The summed E-state index contributed by atoms with van der Waals surface area (Å²) in [6.45, 7) is 3.32. The fourth-order valence-electron chi connectivity index (χ4n) is 5.15. The van der Waals surface area contributed by atoms with Crippen molar-refractivity contribution in [2.24, 2.45) is 5.92 Å². The van der Waals surface area contributed by atoms with Gasteiger partial charge in [-0.15, -0.1) is 0 Å². The number of rotatable bonds is 8. The number of phenolic OH excluding ortho intramolecular Hbond substituents is 1. The van der Waals surface area contributed by atoms with Crippen LogP contribution in [0.2, 0.25) is 0 Å². The summed E-state index contributed by atoms with van der Waals surface area (Å²) < 4.78 is 5.31. The zero-order valence-corrected chi connectivity index (χ0v) is 21.0. The summed E-state index contributed by atoms with van der Waals surface area (Å²) in [6.07, 6.45) is 6.16. The summed E-state index contributed by atoms with van der Waals surface area (Å²) in [7, 11) is 1.54. The third-order valence-corrected chi connectivity index (χ3v) is 7.42. The van der Waals surface area contributed by atoms with Gasteiger partial charge >= 0.3 is 0 Å². The van der Waals surface area contributed by atoms with Gasteiger partial charge < -0.3 is 15.2 Å². The first-order valence-electron chi connectivity index (χ1n) is 13.0. The van der Waals surface area contributed by atoms with Crippen LogP contribution >= 0.6 is 0 Å². The number of benzene rings is 3. The topological polar surface area (TPSA) is 74.7 Å². The molecule has 1 saturated carbocycles. The average molecular weight is 494 g/mol. The molecular formula is C31H31N3O3. The highest BCUT2D eigenvalue weighted by Gasteiger charge is 2.32.